The molecule has 17 heavy (non-hydrogen) atoms. The van der Waals surface area contributed by atoms with Crippen molar-refractivity contribution < 1.29 is 9.84 Å². The van der Waals surface area contributed by atoms with Gasteiger partial charge in [0.1, 0.15) is 11.9 Å². The van der Waals surface area contributed by atoms with Crippen LogP contribution in [-0.2, 0) is 6.42 Å². The van der Waals surface area contributed by atoms with Crippen LogP contribution in [-0.4, -0.2) is 30.9 Å². The Morgan fingerprint density at radius 1 is 1.41 bits per heavy atom. The van der Waals surface area contributed by atoms with E-state index in [1.165, 1.54) is 5.56 Å². The van der Waals surface area contributed by atoms with Gasteiger partial charge in [-0.2, -0.15) is 0 Å². The van der Waals surface area contributed by atoms with Gasteiger partial charge in [-0.05, 0) is 31.0 Å². The molecular weight excluding hydrogens is 214 g/mol. The normalized spacial score (nSPS) is 23.2. The van der Waals surface area contributed by atoms with Crippen molar-refractivity contribution in [3.8, 4) is 5.75 Å². The highest BCUT2D eigenvalue weighted by Crippen LogP contribution is 2.36. The van der Waals surface area contributed by atoms with E-state index in [0.29, 0.717) is 12.5 Å². The van der Waals surface area contributed by atoms with Crippen LogP contribution in [0.1, 0.15) is 25.8 Å². The Labute approximate surface area is 103 Å². The van der Waals surface area contributed by atoms with Crippen molar-refractivity contribution in [1.82, 2.24) is 0 Å². The van der Waals surface area contributed by atoms with E-state index in [4.69, 9.17) is 9.84 Å². The lowest BCUT2D eigenvalue weighted by molar-refractivity contribution is 0.124. The summed E-state index contributed by atoms with van der Waals surface area (Å²) in [4.78, 5) is 2.25. The van der Waals surface area contributed by atoms with Gasteiger partial charge in [0.05, 0.1) is 11.7 Å². The molecule has 1 aromatic carbocycles. The van der Waals surface area contributed by atoms with Crippen molar-refractivity contribution in [3.05, 3.63) is 23.8 Å². The van der Waals surface area contributed by atoms with Crippen molar-refractivity contribution in [2.75, 3.05) is 18.6 Å². The Balaban J connectivity index is 2.31. The van der Waals surface area contributed by atoms with Crippen LogP contribution in [0.2, 0.25) is 0 Å². The number of rotatable bonds is 3. The lowest BCUT2D eigenvalue weighted by atomic mass is 10.0. The molecule has 0 amide bonds. The van der Waals surface area contributed by atoms with Crippen LogP contribution in [0.3, 0.4) is 0 Å². The zero-order valence-electron chi connectivity index (χ0n) is 10.8. The molecule has 0 saturated heterocycles. The number of hydrogen-bond donors (Lipinski definition) is 1. The average molecular weight is 235 g/mol. The summed E-state index contributed by atoms with van der Waals surface area (Å²) in [6, 6.07) is 6.64. The topological polar surface area (TPSA) is 32.7 Å². The molecule has 94 valence electrons. The van der Waals surface area contributed by atoms with E-state index in [-0.39, 0.29) is 12.7 Å². The molecule has 3 heteroatoms. The van der Waals surface area contributed by atoms with Gasteiger partial charge in [0.15, 0.2) is 0 Å². The molecule has 0 bridgehead atoms. The summed E-state index contributed by atoms with van der Waals surface area (Å²) in [5, 5.41) is 9.05. The van der Waals surface area contributed by atoms with Crippen LogP contribution in [0.5, 0.6) is 5.75 Å². The molecule has 1 aromatic rings. The fourth-order valence-corrected chi connectivity index (χ4v) is 2.32. The molecule has 0 aromatic heterocycles. The number of likely N-dealkylation sites (N-methyl/N-ethyl adjacent to an activating group) is 1. The molecular formula is C14H21NO2. The molecule has 0 fully saturated rings. The highest BCUT2D eigenvalue weighted by atomic mass is 16.5. The summed E-state index contributed by atoms with van der Waals surface area (Å²) >= 11 is 0. The number of hydrogen-bond acceptors (Lipinski definition) is 3. The molecule has 1 aliphatic rings. The average Bonchev–Trinajstić information content (AvgIpc) is 2.35. The maximum absolute atomic E-state index is 9.05. The van der Waals surface area contributed by atoms with E-state index in [0.717, 1.165) is 17.9 Å². The van der Waals surface area contributed by atoms with Crippen LogP contribution in [0.25, 0.3) is 0 Å². The summed E-state index contributed by atoms with van der Waals surface area (Å²) in [6.07, 6.45) is 1.79. The largest absolute Gasteiger partial charge is 0.486 e. The van der Waals surface area contributed by atoms with Crippen LogP contribution in [0.4, 0.5) is 5.69 Å². The molecule has 1 N–H and O–H groups in total. The third-order valence-corrected chi connectivity index (χ3v) is 3.65. The first-order chi connectivity index (χ1) is 8.17. The zero-order valence-corrected chi connectivity index (χ0v) is 10.8. The monoisotopic (exact) mass is 235 g/mol. The van der Waals surface area contributed by atoms with Crippen molar-refractivity contribution in [2.45, 2.75) is 38.8 Å². The first-order valence-corrected chi connectivity index (χ1v) is 6.30. The van der Waals surface area contributed by atoms with Crippen molar-refractivity contribution in [1.29, 1.82) is 0 Å². The summed E-state index contributed by atoms with van der Waals surface area (Å²) in [6.45, 7) is 4.47. The smallest absolute Gasteiger partial charge is 0.143 e. The number of aliphatic hydroxyl groups excluding tert-OH is 1. The Bertz CT molecular complexity index is 392. The van der Waals surface area contributed by atoms with Crippen molar-refractivity contribution >= 4 is 5.69 Å². The SMILES string of the molecule is CCc1ccc2c(c1)N(C)C(C)C(CCO)O2. The van der Waals surface area contributed by atoms with Crippen LogP contribution >= 0.6 is 0 Å². The third kappa shape index (κ3) is 2.25. The van der Waals surface area contributed by atoms with Gasteiger partial charge in [0, 0.05) is 20.1 Å². The minimum absolute atomic E-state index is 0.0741. The van der Waals surface area contributed by atoms with Gasteiger partial charge in [-0.1, -0.05) is 13.0 Å². The van der Waals surface area contributed by atoms with Crippen molar-refractivity contribution in [3.63, 3.8) is 0 Å². The highest BCUT2D eigenvalue weighted by Gasteiger charge is 2.30. The molecule has 3 nitrogen and oxygen atoms in total. The zero-order chi connectivity index (χ0) is 12.4. The van der Waals surface area contributed by atoms with E-state index < -0.39 is 0 Å². The Hall–Kier alpha value is -1.22. The maximum atomic E-state index is 9.05. The van der Waals surface area contributed by atoms with Gasteiger partial charge in [0.2, 0.25) is 0 Å². The standard InChI is InChI=1S/C14H21NO2/c1-4-11-5-6-14-12(9-11)15(3)10(2)13(17-14)7-8-16/h5-6,9-10,13,16H,4,7-8H2,1-3H3. The van der Waals surface area contributed by atoms with E-state index in [1.54, 1.807) is 0 Å². The lowest BCUT2D eigenvalue weighted by Gasteiger charge is -2.39. The fraction of sp³-hybridized carbons (Fsp3) is 0.571. The summed E-state index contributed by atoms with van der Waals surface area (Å²) < 4.78 is 5.95. The summed E-state index contributed by atoms with van der Waals surface area (Å²) in [5.74, 6) is 0.932. The van der Waals surface area contributed by atoms with Gasteiger partial charge < -0.3 is 14.7 Å². The minimum atomic E-state index is 0.0741. The second kappa shape index (κ2) is 4.96. The van der Waals surface area contributed by atoms with Crippen molar-refractivity contribution in [2.24, 2.45) is 0 Å². The molecule has 2 unspecified atom stereocenters. The van der Waals surface area contributed by atoms with Crippen LogP contribution in [0, 0.1) is 0 Å². The molecule has 0 radical (unpaired) electrons. The number of benzene rings is 1. The Morgan fingerprint density at radius 2 is 2.18 bits per heavy atom. The maximum Gasteiger partial charge on any atom is 0.143 e. The predicted octanol–water partition coefficient (Wildman–Crippen LogP) is 2.22. The number of aryl methyl sites for hydroxylation is 1. The number of anilines is 1. The fourth-order valence-electron chi connectivity index (χ4n) is 2.32. The minimum Gasteiger partial charge on any atom is -0.486 e. The Morgan fingerprint density at radius 3 is 2.82 bits per heavy atom. The molecule has 2 atom stereocenters. The van der Waals surface area contributed by atoms with E-state index in [2.05, 4.69) is 37.9 Å². The molecule has 0 spiro atoms. The summed E-state index contributed by atoms with van der Waals surface area (Å²) in [7, 11) is 2.09. The lowest BCUT2D eigenvalue weighted by Crippen LogP contribution is -2.46. The van der Waals surface area contributed by atoms with Gasteiger partial charge in [-0.15, -0.1) is 0 Å². The molecule has 0 saturated carbocycles. The number of ether oxygens (including phenoxy) is 1. The number of fused-ring (bicyclic) bond motifs is 1. The first kappa shape index (κ1) is 12.2. The number of aliphatic hydroxyl groups is 1. The third-order valence-electron chi connectivity index (χ3n) is 3.65. The molecule has 1 heterocycles. The second-order valence-corrected chi connectivity index (χ2v) is 4.68. The highest BCUT2D eigenvalue weighted by molar-refractivity contribution is 5.62. The quantitative estimate of drug-likeness (QED) is 0.872. The molecule has 1 aliphatic heterocycles. The van der Waals surface area contributed by atoms with Crippen LogP contribution in [0.15, 0.2) is 18.2 Å². The predicted molar refractivity (Wildman–Crippen MR) is 69.8 cm³/mol. The van der Waals surface area contributed by atoms with Gasteiger partial charge >= 0.3 is 0 Å². The molecule has 2 rings (SSSR count). The van der Waals surface area contributed by atoms with Gasteiger partial charge in [0.25, 0.3) is 0 Å². The Kier molecular flexibility index (Phi) is 3.57. The number of nitrogens with zero attached hydrogens (tertiary/aromatic N) is 1. The summed E-state index contributed by atoms with van der Waals surface area (Å²) in [5.41, 5.74) is 2.48. The van der Waals surface area contributed by atoms with Gasteiger partial charge in [-0.25, -0.2) is 0 Å². The van der Waals surface area contributed by atoms with Gasteiger partial charge in [-0.3, -0.25) is 0 Å². The molecule has 0 aliphatic carbocycles. The second-order valence-electron chi connectivity index (χ2n) is 4.68. The first-order valence-electron chi connectivity index (χ1n) is 6.30. The van der Waals surface area contributed by atoms with Crippen LogP contribution < -0.4 is 9.64 Å². The van der Waals surface area contributed by atoms with E-state index in [1.807, 2.05) is 6.07 Å². The van der Waals surface area contributed by atoms with E-state index in [9.17, 15) is 0 Å². The van der Waals surface area contributed by atoms with E-state index >= 15 is 0 Å².